The van der Waals surface area contributed by atoms with Crippen LogP contribution >= 0.6 is 0 Å². The van der Waals surface area contributed by atoms with Crippen LogP contribution in [0.3, 0.4) is 0 Å². The molecule has 2 aromatic rings. The lowest BCUT2D eigenvalue weighted by Gasteiger charge is -2.36. The molecule has 1 saturated heterocycles. The van der Waals surface area contributed by atoms with Crippen LogP contribution in [0.15, 0.2) is 59.5 Å². The van der Waals surface area contributed by atoms with E-state index in [9.17, 15) is 26.4 Å². The van der Waals surface area contributed by atoms with Crippen LogP contribution in [0.4, 0.5) is 18.9 Å². The third kappa shape index (κ3) is 5.96. The molecule has 2 aromatic carbocycles. The van der Waals surface area contributed by atoms with Crippen molar-refractivity contribution in [3.63, 3.8) is 0 Å². The van der Waals surface area contributed by atoms with Gasteiger partial charge in [-0.05, 0) is 43.3 Å². The third-order valence-corrected chi connectivity index (χ3v) is 6.85. The Balaban J connectivity index is 1.54. The lowest BCUT2D eigenvalue weighted by molar-refractivity contribution is -0.274. The second-order valence-corrected chi connectivity index (χ2v) is 8.93. The number of piperazine rings is 1. The number of hydrogen-bond acceptors (Lipinski definition) is 5. The summed E-state index contributed by atoms with van der Waals surface area (Å²) >= 11 is 0. The van der Waals surface area contributed by atoms with Crippen molar-refractivity contribution in [3.05, 3.63) is 54.6 Å². The number of carbonyl (C=O) groups is 1. The van der Waals surface area contributed by atoms with Crippen LogP contribution in [0, 0.1) is 0 Å². The van der Waals surface area contributed by atoms with E-state index < -0.39 is 22.4 Å². The Morgan fingerprint density at radius 3 is 2.13 bits per heavy atom. The standard InChI is InChI=1S/C20H22F3N3O4S/c1-15(19(27)24-16-7-9-17(10-8-16)30-20(21,22)23)25-11-13-26(14-12-25)31(28,29)18-5-3-2-4-6-18/h2-10,15H,11-14H2,1H3,(H,24,27). The zero-order valence-electron chi connectivity index (χ0n) is 16.7. The van der Waals surface area contributed by atoms with Gasteiger partial charge in [0.2, 0.25) is 15.9 Å². The van der Waals surface area contributed by atoms with E-state index in [2.05, 4.69) is 10.1 Å². The number of sulfonamides is 1. The number of benzene rings is 2. The van der Waals surface area contributed by atoms with Gasteiger partial charge in [0.05, 0.1) is 10.9 Å². The van der Waals surface area contributed by atoms with Gasteiger partial charge in [0, 0.05) is 31.9 Å². The lowest BCUT2D eigenvalue weighted by atomic mass is 10.2. The summed E-state index contributed by atoms with van der Waals surface area (Å²) in [4.78, 5) is 14.6. The van der Waals surface area contributed by atoms with Gasteiger partial charge in [-0.15, -0.1) is 13.2 Å². The fraction of sp³-hybridized carbons (Fsp3) is 0.350. The van der Waals surface area contributed by atoms with Crippen molar-refractivity contribution < 1.29 is 31.1 Å². The molecule has 31 heavy (non-hydrogen) atoms. The molecular formula is C20H22F3N3O4S. The van der Waals surface area contributed by atoms with Crippen molar-refractivity contribution in [2.75, 3.05) is 31.5 Å². The van der Waals surface area contributed by atoms with Gasteiger partial charge in [0.25, 0.3) is 0 Å². The number of alkyl halides is 3. The highest BCUT2D eigenvalue weighted by Crippen LogP contribution is 2.24. The fourth-order valence-corrected chi connectivity index (χ4v) is 4.67. The predicted octanol–water partition coefficient (Wildman–Crippen LogP) is 2.92. The number of nitrogens with one attached hydrogen (secondary N) is 1. The normalized spacial score (nSPS) is 17.2. The first-order valence-corrected chi connectivity index (χ1v) is 11.0. The Morgan fingerprint density at radius 1 is 1.00 bits per heavy atom. The molecule has 7 nitrogen and oxygen atoms in total. The zero-order valence-corrected chi connectivity index (χ0v) is 17.5. The van der Waals surface area contributed by atoms with Crippen molar-refractivity contribution in [1.29, 1.82) is 0 Å². The quantitative estimate of drug-likeness (QED) is 0.722. The predicted molar refractivity (Wildman–Crippen MR) is 108 cm³/mol. The molecule has 1 fully saturated rings. The van der Waals surface area contributed by atoms with Crippen LogP contribution in [-0.4, -0.2) is 62.1 Å². The number of amides is 1. The summed E-state index contributed by atoms with van der Waals surface area (Å²) in [6, 6.07) is 12.5. The minimum Gasteiger partial charge on any atom is -0.406 e. The first kappa shape index (κ1) is 23.0. The summed E-state index contributed by atoms with van der Waals surface area (Å²) in [5, 5.41) is 2.65. The summed E-state index contributed by atoms with van der Waals surface area (Å²) < 4.78 is 67.3. The van der Waals surface area contributed by atoms with E-state index in [4.69, 9.17) is 0 Å². The number of halogens is 3. The van der Waals surface area contributed by atoms with Gasteiger partial charge in [-0.25, -0.2) is 8.42 Å². The molecule has 1 aliphatic rings. The molecule has 1 atom stereocenters. The molecule has 1 amide bonds. The Hall–Kier alpha value is -2.63. The summed E-state index contributed by atoms with van der Waals surface area (Å²) in [6.07, 6.45) is -4.78. The first-order valence-electron chi connectivity index (χ1n) is 9.52. The Kier molecular flexibility index (Phi) is 6.87. The molecule has 3 rings (SSSR count). The van der Waals surface area contributed by atoms with Crippen LogP contribution in [-0.2, 0) is 14.8 Å². The number of ether oxygens (including phenoxy) is 1. The molecular weight excluding hydrogens is 435 g/mol. The maximum absolute atomic E-state index is 12.7. The van der Waals surface area contributed by atoms with Gasteiger partial charge in [0.1, 0.15) is 5.75 Å². The molecule has 11 heteroatoms. The molecule has 1 N–H and O–H groups in total. The van der Waals surface area contributed by atoms with Crippen LogP contribution in [0.5, 0.6) is 5.75 Å². The lowest BCUT2D eigenvalue weighted by Crippen LogP contribution is -2.53. The van der Waals surface area contributed by atoms with E-state index in [1.165, 1.54) is 16.4 Å². The molecule has 0 bridgehead atoms. The maximum atomic E-state index is 12.7. The molecule has 0 radical (unpaired) electrons. The molecule has 1 heterocycles. The number of anilines is 1. The second kappa shape index (κ2) is 9.25. The van der Waals surface area contributed by atoms with E-state index in [1.807, 2.05) is 4.90 Å². The monoisotopic (exact) mass is 457 g/mol. The number of hydrogen-bond donors (Lipinski definition) is 1. The van der Waals surface area contributed by atoms with Gasteiger partial charge < -0.3 is 10.1 Å². The summed E-state index contributed by atoms with van der Waals surface area (Å²) in [7, 11) is -3.58. The topological polar surface area (TPSA) is 79.0 Å². The van der Waals surface area contributed by atoms with Gasteiger partial charge in [-0.2, -0.15) is 4.31 Å². The van der Waals surface area contributed by atoms with E-state index in [-0.39, 0.29) is 29.6 Å². The summed E-state index contributed by atoms with van der Waals surface area (Å²) in [6.45, 7) is 2.94. The van der Waals surface area contributed by atoms with E-state index in [0.29, 0.717) is 18.8 Å². The van der Waals surface area contributed by atoms with Crippen LogP contribution in [0.1, 0.15) is 6.92 Å². The zero-order chi connectivity index (χ0) is 22.6. The van der Waals surface area contributed by atoms with Gasteiger partial charge in [0.15, 0.2) is 0 Å². The van der Waals surface area contributed by atoms with E-state index in [0.717, 1.165) is 12.1 Å². The third-order valence-electron chi connectivity index (χ3n) is 4.94. The van der Waals surface area contributed by atoms with Crippen LogP contribution in [0.2, 0.25) is 0 Å². The molecule has 1 aliphatic heterocycles. The molecule has 0 aliphatic carbocycles. The minimum atomic E-state index is -4.78. The number of carbonyl (C=O) groups excluding carboxylic acids is 1. The van der Waals surface area contributed by atoms with Crippen LogP contribution < -0.4 is 10.1 Å². The van der Waals surface area contributed by atoms with Crippen molar-refractivity contribution in [2.45, 2.75) is 24.2 Å². The highest BCUT2D eigenvalue weighted by molar-refractivity contribution is 7.89. The van der Waals surface area contributed by atoms with Gasteiger partial charge in [-0.1, -0.05) is 18.2 Å². The number of nitrogens with zero attached hydrogens (tertiary/aromatic N) is 2. The van der Waals surface area contributed by atoms with Gasteiger partial charge in [-0.3, -0.25) is 9.69 Å². The van der Waals surface area contributed by atoms with Crippen LogP contribution in [0.25, 0.3) is 0 Å². The SMILES string of the molecule is CC(C(=O)Nc1ccc(OC(F)(F)F)cc1)N1CCN(S(=O)(=O)c2ccccc2)CC1. The van der Waals surface area contributed by atoms with Crippen molar-refractivity contribution >= 4 is 21.6 Å². The molecule has 0 aromatic heterocycles. The fourth-order valence-electron chi connectivity index (χ4n) is 3.23. The van der Waals surface area contributed by atoms with Crippen molar-refractivity contribution in [3.8, 4) is 5.75 Å². The second-order valence-electron chi connectivity index (χ2n) is 6.99. The molecule has 168 valence electrons. The average molecular weight is 457 g/mol. The molecule has 0 saturated carbocycles. The number of rotatable bonds is 6. The highest BCUT2D eigenvalue weighted by atomic mass is 32.2. The summed E-state index contributed by atoms with van der Waals surface area (Å²) in [5.41, 5.74) is 0.330. The minimum absolute atomic E-state index is 0.229. The Morgan fingerprint density at radius 2 is 1.58 bits per heavy atom. The Labute approximate surface area is 178 Å². The van der Waals surface area contributed by atoms with E-state index >= 15 is 0 Å². The smallest absolute Gasteiger partial charge is 0.406 e. The van der Waals surface area contributed by atoms with E-state index in [1.54, 1.807) is 37.3 Å². The maximum Gasteiger partial charge on any atom is 0.573 e. The average Bonchev–Trinajstić information content (AvgIpc) is 2.74. The van der Waals surface area contributed by atoms with Crippen molar-refractivity contribution in [2.24, 2.45) is 0 Å². The first-order chi connectivity index (χ1) is 14.6. The highest BCUT2D eigenvalue weighted by Gasteiger charge is 2.32. The van der Waals surface area contributed by atoms with Crippen molar-refractivity contribution in [1.82, 2.24) is 9.21 Å². The molecule has 1 unspecified atom stereocenters. The summed E-state index contributed by atoms with van der Waals surface area (Å²) in [5.74, 6) is -0.724. The largest absolute Gasteiger partial charge is 0.573 e. The Bertz CT molecular complexity index is 991. The molecule has 0 spiro atoms. The van der Waals surface area contributed by atoms with Gasteiger partial charge >= 0.3 is 6.36 Å².